The van der Waals surface area contributed by atoms with Crippen LogP contribution in [0.4, 0.5) is 4.39 Å². The number of aromatic nitrogens is 2. The van der Waals surface area contributed by atoms with E-state index in [-0.39, 0.29) is 17.1 Å². The van der Waals surface area contributed by atoms with E-state index in [0.717, 1.165) is 31.7 Å². The number of piperazine rings is 1. The van der Waals surface area contributed by atoms with Crippen LogP contribution in [-0.2, 0) is 13.1 Å². The molecule has 8 heteroatoms. The summed E-state index contributed by atoms with van der Waals surface area (Å²) < 4.78 is 18.8. The minimum absolute atomic E-state index is 0.173. The van der Waals surface area contributed by atoms with Gasteiger partial charge < -0.3 is 9.72 Å². The molecule has 152 valence electrons. The van der Waals surface area contributed by atoms with Gasteiger partial charge in [-0.3, -0.25) is 14.6 Å². The van der Waals surface area contributed by atoms with Crippen molar-refractivity contribution in [3.05, 3.63) is 69.0 Å². The SMILES string of the molecule is COc1ccc(CN2CCN(Cc3nc4ccc(Cl)cc4c(=O)[nH]3)CC2)cc1F. The van der Waals surface area contributed by atoms with Gasteiger partial charge in [-0.05, 0) is 35.9 Å². The van der Waals surface area contributed by atoms with Gasteiger partial charge in [-0.15, -0.1) is 0 Å². The molecule has 0 saturated carbocycles. The molecular formula is C21H22ClFN4O2. The number of methoxy groups -OCH3 is 1. The Bertz CT molecular complexity index is 1080. The largest absolute Gasteiger partial charge is 0.494 e. The second-order valence-corrected chi connectivity index (χ2v) is 7.63. The first-order valence-electron chi connectivity index (χ1n) is 9.47. The highest BCUT2D eigenvalue weighted by Crippen LogP contribution is 2.19. The van der Waals surface area contributed by atoms with Gasteiger partial charge in [0.1, 0.15) is 5.82 Å². The van der Waals surface area contributed by atoms with E-state index in [0.29, 0.717) is 34.8 Å². The van der Waals surface area contributed by atoms with Crippen LogP contribution in [0.5, 0.6) is 5.75 Å². The minimum Gasteiger partial charge on any atom is -0.494 e. The maximum Gasteiger partial charge on any atom is 0.258 e. The fraction of sp³-hybridized carbons (Fsp3) is 0.333. The second kappa shape index (κ2) is 8.49. The molecule has 4 rings (SSSR count). The summed E-state index contributed by atoms with van der Waals surface area (Å²) in [5.41, 5.74) is 1.40. The van der Waals surface area contributed by atoms with E-state index in [9.17, 15) is 9.18 Å². The van der Waals surface area contributed by atoms with Gasteiger partial charge in [-0.2, -0.15) is 0 Å². The fourth-order valence-corrected chi connectivity index (χ4v) is 3.79. The summed E-state index contributed by atoms with van der Waals surface area (Å²) in [6.45, 7) is 4.70. The molecule has 1 fully saturated rings. The van der Waals surface area contributed by atoms with E-state index in [1.165, 1.54) is 13.2 Å². The van der Waals surface area contributed by atoms with E-state index >= 15 is 0 Å². The number of hydrogen-bond acceptors (Lipinski definition) is 5. The molecule has 0 radical (unpaired) electrons. The molecule has 29 heavy (non-hydrogen) atoms. The van der Waals surface area contributed by atoms with Crippen LogP contribution in [0.15, 0.2) is 41.2 Å². The van der Waals surface area contributed by atoms with Crippen LogP contribution >= 0.6 is 11.6 Å². The maximum atomic E-state index is 13.9. The highest BCUT2D eigenvalue weighted by molar-refractivity contribution is 6.31. The summed E-state index contributed by atoms with van der Waals surface area (Å²) in [5.74, 6) is 0.574. The topological polar surface area (TPSA) is 61.5 Å². The van der Waals surface area contributed by atoms with Crippen LogP contribution in [0.1, 0.15) is 11.4 Å². The van der Waals surface area contributed by atoms with Gasteiger partial charge in [0.25, 0.3) is 5.56 Å². The van der Waals surface area contributed by atoms with Crippen molar-refractivity contribution in [1.82, 2.24) is 19.8 Å². The van der Waals surface area contributed by atoms with Gasteiger partial charge in [0.2, 0.25) is 0 Å². The Balaban J connectivity index is 1.36. The molecule has 6 nitrogen and oxygen atoms in total. The molecule has 0 bridgehead atoms. The summed E-state index contributed by atoms with van der Waals surface area (Å²) >= 11 is 5.96. The molecule has 0 amide bonds. The first kappa shape index (κ1) is 19.8. The third-order valence-electron chi connectivity index (χ3n) is 5.18. The van der Waals surface area contributed by atoms with Crippen LogP contribution in [0.2, 0.25) is 5.02 Å². The lowest BCUT2D eigenvalue weighted by molar-refractivity contribution is 0.120. The first-order chi connectivity index (χ1) is 14.0. The van der Waals surface area contributed by atoms with Gasteiger partial charge in [0.15, 0.2) is 11.6 Å². The van der Waals surface area contributed by atoms with Gasteiger partial charge in [-0.1, -0.05) is 17.7 Å². The third kappa shape index (κ3) is 4.58. The monoisotopic (exact) mass is 416 g/mol. The number of H-pyrrole nitrogens is 1. The zero-order valence-electron chi connectivity index (χ0n) is 16.1. The quantitative estimate of drug-likeness (QED) is 0.692. The van der Waals surface area contributed by atoms with Crippen LogP contribution in [0.25, 0.3) is 10.9 Å². The van der Waals surface area contributed by atoms with Crippen molar-refractivity contribution in [3.63, 3.8) is 0 Å². The Kier molecular flexibility index (Phi) is 5.80. The highest BCUT2D eigenvalue weighted by atomic mass is 35.5. The molecule has 1 N–H and O–H groups in total. The average molecular weight is 417 g/mol. The van der Waals surface area contributed by atoms with Crippen molar-refractivity contribution in [2.75, 3.05) is 33.3 Å². The summed E-state index contributed by atoms with van der Waals surface area (Å²) in [6, 6.07) is 10.2. The van der Waals surface area contributed by atoms with E-state index < -0.39 is 0 Å². The zero-order chi connectivity index (χ0) is 20.4. The predicted molar refractivity (Wildman–Crippen MR) is 111 cm³/mol. The van der Waals surface area contributed by atoms with Gasteiger partial charge in [0.05, 0.1) is 24.6 Å². The summed E-state index contributed by atoms with van der Waals surface area (Å²) in [5, 5.41) is 1.02. The highest BCUT2D eigenvalue weighted by Gasteiger charge is 2.19. The molecule has 2 aromatic carbocycles. The molecule has 1 saturated heterocycles. The fourth-order valence-electron chi connectivity index (χ4n) is 3.62. The molecule has 1 aliphatic rings. The Morgan fingerprint density at radius 1 is 1.10 bits per heavy atom. The Hall–Kier alpha value is -2.48. The molecule has 1 aliphatic heterocycles. The lowest BCUT2D eigenvalue weighted by Gasteiger charge is -2.34. The molecule has 3 aromatic rings. The average Bonchev–Trinajstić information content (AvgIpc) is 2.70. The lowest BCUT2D eigenvalue weighted by Crippen LogP contribution is -2.45. The number of fused-ring (bicyclic) bond motifs is 1. The molecule has 0 aliphatic carbocycles. The molecular weight excluding hydrogens is 395 g/mol. The molecule has 1 aromatic heterocycles. The third-order valence-corrected chi connectivity index (χ3v) is 5.41. The summed E-state index contributed by atoms with van der Waals surface area (Å²) in [7, 11) is 1.46. The second-order valence-electron chi connectivity index (χ2n) is 7.20. The van der Waals surface area contributed by atoms with Crippen LogP contribution in [0, 0.1) is 5.82 Å². The standard InChI is InChI=1S/C21H22ClFN4O2/c1-29-19-5-2-14(10-17(19)23)12-26-6-8-27(9-7-26)13-20-24-18-4-3-15(22)11-16(18)21(28)25-20/h2-5,10-11H,6-9,12-13H2,1H3,(H,24,25,28). The Labute approximate surface area is 172 Å². The number of hydrogen-bond donors (Lipinski definition) is 1. The van der Waals surface area contributed by atoms with Crippen molar-refractivity contribution < 1.29 is 9.13 Å². The molecule has 0 atom stereocenters. The van der Waals surface area contributed by atoms with E-state index in [2.05, 4.69) is 19.8 Å². The Morgan fingerprint density at radius 3 is 2.52 bits per heavy atom. The predicted octanol–water partition coefficient (Wildman–Crippen LogP) is 3.04. The number of nitrogens with one attached hydrogen (secondary N) is 1. The van der Waals surface area contributed by atoms with Gasteiger partial charge in [0, 0.05) is 37.7 Å². The Morgan fingerprint density at radius 2 is 1.83 bits per heavy atom. The van der Waals surface area contributed by atoms with Crippen LogP contribution in [0.3, 0.4) is 0 Å². The smallest absolute Gasteiger partial charge is 0.258 e. The van der Waals surface area contributed by atoms with E-state index in [1.807, 2.05) is 6.07 Å². The molecule has 2 heterocycles. The number of aromatic amines is 1. The van der Waals surface area contributed by atoms with Crippen molar-refractivity contribution in [2.45, 2.75) is 13.1 Å². The van der Waals surface area contributed by atoms with E-state index in [4.69, 9.17) is 16.3 Å². The van der Waals surface area contributed by atoms with Gasteiger partial charge >= 0.3 is 0 Å². The summed E-state index contributed by atoms with van der Waals surface area (Å²) in [4.78, 5) is 24.3. The van der Waals surface area contributed by atoms with Crippen molar-refractivity contribution in [1.29, 1.82) is 0 Å². The number of halogens is 2. The van der Waals surface area contributed by atoms with Crippen molar-refractivity contribution in [3.8, 4) is 5.75 Å². The van der Waals surface area contributed by atoms with Gasteiger partial charge in [-0.25, -0.2) is 9.37 Å². The number of nitrogens with zero attached hydrogens (tertiary/aromatic N) is 3. The number of benzene rings is 2. The van der Waals surface area contributed by atoms with E-state index in [1.54, 1.807) is 24.3 Å². The first-order valence-corrected chi connectivity index (χ1v) is 9.85. The van der Waals surface area contributed by atoms with Crippen molar-refractivity contribution in [2.24, 2.45) is 0 Å². The number of ether oxygens (including phenoxy) is 1. The summed E-state index contributed by atoms with van der Waals surface area (Å²) in [6.07, 6.45) is 0. The zero-order valence-corrected chi connectivity index (χ0v) is 16.9. The van der Waals surface area contributed by atoms with Crippen molar-refractivity contribution >= 4 is 22.5 Å². The number of rotatable bonds is 5. The minimum atomic E-state index is -0.337. The maximum absolute atomic E-state index is 13.9. The van der Waals surface area contributed by atoms with Crippen LogP contribution in [-0.4, -0.2) is 53.1 Å². The lowest BCUT2D eigenvalue weighted by atomic mass is 10.2. The normalized spacial score (nSPS) is 15.7. The molecule has 0 unspecified atom stereocenters. The van der Waals surface area contributed by atoms with Crippen LogP contribution < -0.4 is 10.3 Å². The molecule has 0 spiro atoms.